The van der Waals surface area contributed by atoms with Gasteiger partial charge in [0.05, 0.1) is 5.56 Å². The Morgan fingerprint density at radius 1 is 0.895 bits per heavy atom. The number of carbonyl (C=O) groups is 1. The monoisotopic (exact) mass is 499 g/mol. The van der Waals surface area contributed by atoms with Gasteiger partial charge >= 0.3 is 5.97 Å². The summed E-state index contributed by atoms with van der Waals surface area (Å²) in [6.45, 7) is 0. The van der Waals surface area contributed by atoms with Crippen molar-refractivity contribution in [2.75, 3.05) is 5.73 Å². The molecular weight excluding hydrogens is 478 g/mol. The first-order chi connectivity index (χ1) is 18.6. The number of anilines is 1. The van der Waals surface area contributed by atoms with Crippen LogP contribution < -0.4 is 5.73 Å². The van der Waals surface area contributed by atoms with E-state index < -0.39 is 5.97 Å². The van der Waals surface area contributed by atoms with Gasteiger partial charge in [0.15, 0.2) is 11.5 Å². The Hall–Kier alpha value is -5.50. The average molecular weight is 500 g/mol. The largest absolute Gasteiger partial charge is 0.475 e. The third kappa shape index (κ3) is 4.31. The third-order valence-electron chi connectivity index (χ3n) is 6.10. The molecule has 8 heteroatoms. The highest BCUT2D eigenvalue weighted by atomic mass is 16.4. The van der Waals surface area contributed by atoms with Crippen LogP contribution in [0.1, 0.15) is 21.7 Å². The average Bonchev–Trinajstić information content (AvgIpc) is 3.59. The molecule has 0 amide bonds. The second kappa shape index (κ2) is 9.51. The van der Waals surface area contributed by atoms with Gasteiger partial charge in [-0.2, -0.15) is 0 Å². The van der Waals surface area contributed by atoms with E-state index in [1.165, 1.54) is 6.07 Å². The maximum Gasteiger partial charge on any atom is 0.371 e. The van der Waals surface area contributed by atoms with Gasteiger partial charge in [-0.25, -0.2) is 19.7 Å². The molecule has 0 saturated heterocycles. The van der Waals surface area contributed by atoms with E-state index >= 15 is 0 Å². The Bertz CT molecular complexity index is 1800. The predicted octanol–water partition coefficient (Wildman–Crippen LogP) is 6.19. The van der Waals surface area contributed by atoms with Crippen LogP contribution in [0.5, 0.6) is 0 Å². The third-order valence-corrected chi connectivity index (χ3v) is 6.10. The van der Waals surface area contributed by atoms with Crippen molar-refractivity contribution in [3.8, 4) is 28.4 Å². The van der Waals surface area contributed by atoms with Crippen LogP contribution in [-0.4, -0.2) is 30.6 Å². The molecule has 0 unspecified atom stereocenters. The van der Waals surface area contributed by atoms with Gasteiger partial charge in [-0.15, -0.1) is 0 Å². The molecule has 0 radical (unpaired) electrons. The molecule has 0 spiro atoms. The molecule has 0 aliphatic heterocycles. The zero-order valence-electron chi connectivity index (χ0n) is 20.0. The first-order valence-electron chi connectivity index (χ1n) is 11.8. The molecule has 8 nitrogen and oxygen atoms in total. The topological polar surface area (TPSA) is 120 Å². The van der Waals surface area contributed by atoms with Crippen LogP contribution >= 0.6 is 0 Å². The van der Waals surface area contributed by atoms with Gasteiger partial charge in [-0.1, -0.05) is 54.6 Å². The number of hydrogen-bond acceptors (Lipinski definition) is 6. The fourth-order valence-corrected chi connectivity index (χ4v) is 4.23. The zero-order valence-corrected chi connectivity index (χ0v) is 20.0. The summed E-state index contributed by atoms with van der Waals surface area (Å²) < 4.78 is 7.40. The van der Waals surface area contributed by atoms with Gasteiger partial charge in [0.2, 0.25) is 5.76 Å². The van der Waals surface area contributed by atoms with Crippen LogP contribution in [0.3, 0.4) is 0 Å². The Labute approximate surface area is 217 Å². The van der Waals surface area contributed by atoms with Gasteiger partial charge in [0.25, 0.3) is 0 Å². The Kier molecular flexibility index (Phi) is 5.74. The Balaban J connectivity index is 1.45. The highest BCUT2D eigenvalue weighted by Gasteiger charge is 2.19. The van der Waals surface area contributed by atoms with Gasteiger partial charge in [-0.05, 0) is 53.6 Å². The second-order valence-corrected chi connectivity index (χ2v) is 8.58. The first-order valence-corrected chi connectivity index (χ1v) is 11.8. The van der Waals surface area contributed by atoms with Crippen LogP contribution in [0.2, 0.25) is 0 Å². The number of aromatic carboxylic acids is 1. The normalized spacial score (nSPS) is 11.4. The van der Waals surface area contributed by atoms with Gasteiger partial charge in [0.1, 0.15) is 17.1 Å². The fraction of sp³-hybridized carbons (Fsp3) is 0. The summed E-state index contributed by atoms with van der Waals surface area (Å²) in [7, 11) is 0. The summed E-state index contributed by atoms with van der Waals surface area (Å²) in [5, 5.41) is 9.20. The number of fused-ring (bicyclic) bond motifs is 1. The predicted molar refractivity (Wildman–Crippen MR) is 147 cm³/mol. The minimum atomic E-state index is -1.13. The molecular formula is C30H21N5O3. The maximum absolute atomic E-state index is 11.2. The molecule has 4 aromatic heterocycles. The summed E-state index contributed by atoms with van der Waals surface area (Å²) in [4.78, 5) is 25.0. The minimum Gasteiger partial charge on any atom is -0.475 e. The van der Waals surface area contributed by atoms with Crippen molar-refractivity contribution in [2.45, 2.75) is 0 Å². The van der Waals surface area contributed by atoms with Crippen molar-refractivity contribution in [1.82, 2.24) is 19.5 Å². The molecule has 0 atom stereocenters. The molecule has 0 aliphatic carbocycles. The molecule has 0 saturated carbocycles. The first kappa shape index (κ1) is 22.9. The second-order valence-electron chi connectivity index (χ2n) is 8.58. The number of nitrogens with two attached hydrogens (primary N) is 1. The summed E-state index contributed by atoms with van der Waals surface area (Å²) in [6.07, 6.45) is 7.40. The van der Waals surface area contributed by atoms with Gasteiger partial charge in [0, 0.05) is 23.6 Å². The van der Waals surface area contributed by atoms with Crippen LogP contribution in [0, 0.1) is 0 Å². The number of pyridine rings is 2. The number of imidazole rings is 1. The van der Waals surface area contributed by atoms with Gasteiger partial charge in [-0.3, -0.25) is 4.57 Å². The van der Waals surface area contributed by atoms with Crippen LogP contribution in [-0.2, 0) is 0 Å². The molecule has 2 aromatic carbocycles. The molecule has 0 aliphatic rings. The number of hydrogen-bond donors (Lipinski definition) is 2. The van der Waals surface area contributed by atoms with E-state index in [1.54, 1.807) is 18.5 Å². The standard InChI is InChI=1S/C30H21N5O3/c31-27-23(7-4-16-32-27)28-34-24-17-21(25-14-15-26(38-25)30(36)37)18-33-29(24)35(28)22-12-10-20(11-13-22)9-8-19-5-2-1-3-6-19/h1-18H,(H2,31,32)(H,36,37). The highest BCUT2D eigenvalue weighted by molar-refractivity contribution is 5.87. The number of benzene rings is 2. The lowest BCUT2D eigenvalue weighted by molar-refractivity contribution is 0.0663. The van der Waals surface area contributed by atoms with E-state index in [0.717, 1.165) is 16.8 Å². The molecule has 6 rings (SSSR count). The van der Waals surface area contributed by atoms with Crippen LogP contribution in [0.4, 0.5) is 5.82 Å². The van der Waals surface area contributed by atoms with Crippen molar-refractivity contribution in [3.63, 3.8) is 0 Å². The van der Waals surface area contributed by atoms with E-state index in [0.29, 0.717) is 39.7 Å². The fourth-order valence-electron chi connectivity index (χ4n) is 4.23. The minimum absolute atomic E-state index is 0.143. The SMILES string of the molecule is Nc1ncccc1-c1nc2cc(-c3ccc(C(=O)O)o3)cnc2n1-c1ccc(C=Cc2ccccc2)cc1. The number of nitrogen functional groups attached to an aromatic ring is 1. The van der Waals surface area contributed by atoms with Crippen LogP contribution in [0.15, 0.2) is 102 Å². The maximum atomic E-state index is 11.2. The Morgan fingerprint density at radius 2 is 1.66 bits per heavy atom. The van der Waals surface area contributed by atoms with Crippen LogP contribution in [0.25, 0.3) is 51.7 Å². The summed E-state index contributed by atoms with van der Waals surface area (Å²) in [5.41, 5.74) is 11.8. The van der Waals surface area contributed by atoms with Crippen molar-refractivity contribution in [1.29, 1.82) is 0 Å². The number of nitrogens with zero attached hydrogens (tertiary/aromatic N) is 4. The Morgan fingerprint density at radius 3 is 2.37 bits per heavy atom. The van der Waals surface area contributed by atoms with Crippen molar-refractivity contribution >= 4 is 35.1 Å². The number of furan rings is 1. The number of aromatic nitrogens is 4. The highest BCUT2D eigenvalue weighted by Crippen LogP contribution is 2.32. The molecule has 4 heterocycles. The van der Waals surface area contributed by atoms with E-state index in [4.69, 9.17) is 15.1 Å². The van der Waals surface area contributed by atoms with E-state index in [1.807, 2.05) is 65.2 Å². The lowest BCUT2D eigenvalue weighted by atomic mass is 10.1. The molecule has 184 valence electrons. The van der Waals surface area contributed by atoms with E-state index in [2.05, 4.69) is 34.3 Å². The van der Waals surface area contributed by atoms with Gasteiger partial charge < -0.3 is 15.3 Å². The lowest BCUT2D eigenvalue weighted by Gasteiger charge is -2.10. The van der Waals surface area contributed by atoms with E-state index in [9.17, 15) is 9.90 Å². The molecule has 0 fully saturated rings. The quantitative estimate of drug-likeness (QED) is 0.262. The summed E-state index contributed by atoms with van der Waals surface area (Å²) in [5.74, 6) is 0.0579. The number of carboxylic acid groups (broad SMARTS) is 1. The van der Waals surface area contributed by atoms with Crippen molar-refractivity contribution < 1.29 is 14.3 Å². The number of rotatable bonds is 6. The molecule has 0 bridgehead atoms. The number of carboxylic acids is 1. The molecule has 38 heavy (non-hydrogen) atoms. The molecule has 3 N–H and O–H groups in total. The van der Waals surface area contributed by atoms with Crippen molar-refractivity contribution in [2.24, 2.45) is 0 Å². The lowest BCUT2D eigenvalue weighted by Crippen LogP contribution is -2.01. The van der Waals surface area contributed by atoms with E-state index in [-0.39, 0.29) is 5.76 Å². The van der Waals surface area contributed by atoms with Crippen molar-refractivity contribution in [3.05, 3.63) is 114 Å². The summed E-state index contributed by atoms with van der Waals surface area (Å²) in [6, 6.07) is 26.7. The molecule has 6 aromatic rings. The smallest absolute Gasteiger partial charge is 0.371 e. The summed E-state index contributed by atoms with van der Waals surface area (Å²) >= 11 is 0. The zero-order chi connectivity index (χ0) is 26.1.